The Labute approximate surface area is 172 Å². The molecular formula is C25H25NO2S. The highest BCUT2D eigenvalue weighted by Gasteiger charge is 2.33. The van der Waals surface area contributed by atoms with Crippen LogP contribution in [0.2, 0.25) is 0 Å². The van der Waals surface area contributed by atoms with Crippen molar-refractivity contribution < 1.29 is 8.42 Å². The second-order valence-corrected chi connectivity index (χ2v) is 10.7. The van der Waals surface area contributed by atoms with Crippen molar-refractivity contribution in [2.75, 3.05) is 6.26 Å². The fourth-order valence-electron chi connectivity index (χ4n) is 3.74. The predicted octanol–water partition coefficient (Wildman–Crippen LogP) is 5.78. The topological polar surface area (TPSA) is 47.0 Å². The van der Waals surface area contributed by atoms with Crippen molar-refractivity contribution in [1.29, 1.82) is 0 Å². The number of nitrogens with zero attached hydrogens (tertiary/aromatic N) is 1. The van der Waals surface area contributed by atoms with E-state index < -0.39 is 14.6 Å². The number of pyridine rings is 1. The summed E-state index contributed by atoms with van der Waals surface area (Å²) in [7, 11) is -3.29. The summed E-state index contributed by atoms with van der Waals surface area (Å²) < 4.78 is 24.0. The van der Waals surface area contributed by atoms with Gasteiger partial charge in [-0.3, -0.25) is 4.98 Å². The van der Waals surface area contributed by atoms with Gasteiger partial charge in [0.2, 0.25) is 0 Å². The molecule has 1 heterocycles. The van der Waals surface area contributed by atoms with Crippen LogP contribution in [0.1, 0.15) is 37.3 Å². The molecule has 1 aliphatic rings. The molecule has 0 saturated heterocycles. The fraction of sp³-hybridized carbons (Fsp3) is 0.240. The maximum Gasteiger partial charge on any atom is 0.156 e. The number of hydrogen-bond donors (Lipinski definition) is 0. The first-order valence-electron chi connectivity index (χ1n) is 9.80. The molecule has 0 spiro atoms. The van der Waals surface area contributed by atoms with Crippen LogP contribution in [0, 0.1) is 0 Å². The molecule has 148 valence electrons. The second-order valence-electron chi connectivity index (χ2n) is 8.16. The molecule has 0 aliphatic heterocycles. The van der Waals surface area contributed by atoms with Crippen molar-refractivity contribution in [3.05, 3.63) is 90.2 Å². The number of aromatic nitrogens is 1. The maximum absolute atomic E-state index is 12.5. The van der Waals surface area contributed by atoms with Gasteiger partial charge in [0.25, 0.3) is 0 Å². The number of allylic oxidation sites excluding steroid dienone is 4. The van der Waals surface area contributed by atoms with Gasteiger partial charge in [0.05, 0.1) is 10.3 Å². The summed E-state index contributed by atoms with van der Waals surface area (Å²) in [4.78, 5) is 4.61. The Kier molecular flexibility index (Phi) is 4.91. The molecule has 1 aromatic heterocycles. The summed E-state index contributed by atoms with van der Waals surface area (Å²) in [5.74, 6) is 0.356. The maximum atomic E-state index is 12.5. The van der Waals surface area contributed by atoms with E-state index in [2.05, 4.69) is 53.6 Å². The fourth-order valence-corrected chi connectivity index (χ4v) is 4.28. The SMILES string of the molecule is CC(C)(c1cc(-c2cccc(C3C=CC=CC3)c2)c2ncccc2c1)S(C)(=O)=O. The predicted molar refractivity (Wildman–Crippen MR) is 121 cm³/mol. The van der Waals surface area contributed by atoms with E-state index in [1.54, 1.807) is 20.0 Å². The summed E-state index contributed by atoms with van der Waals surface area (Å²) in [5.41, 5.74) is 4.94. The Morgan fingerprint density at radius 2 is 1.86 bits per heavy atom. The molecule has 29 heavy (non-hydrogen) atoms. The third kappa shape index (κ3) is 3.65. The molecule has 4 heteroatoms. The number of fused-ring (bicyclic) bond motifs is 1. The molecule has 3 aromatic rings. The number of sulfone groups is 1. The van der Waals surface area contributed by atoms with Gasteiger partial charge in [-0.05, 0) is 55.2 Å². The van der Waals surface area contributed by atoms with Gasteiger partial charge in [-0.2, -0.15) is 0 Å². The zero-order valence-electron chi connectivity index (χ0n) is 17.0. The number of hydrogen-bond acceptors (Lipinski definition) is 3. The molecule has 0 radical (unpaired) electrons. The Hall–Kier alpha value is -2.72. The van der Waals surface area contributed by atoms with Crippen LogP contribution >= 0.6 is 0 Å². The van der Waals surface area contributed by atoms with Crippen molar-refractivity contribution in [1.82, 2.24) is 4.98 Å². The Balaban J connectivity index is 1.92. The van der Waals surface area contributed by atoms with E-state index in [0.29, 0.717) is 5.92 Å². The Bertz CT molecular complexity index is 1240. The molecule has 0 N–H and O–H groups in total. The molecule has 0 bridgehead atoms. The minimum absolute atomic E-state index is 0.356. The van der Waals surface area contributed by atoms with Crippen molar-refractivity contribution in [3.8, 4) is 11.1 Å². The normalized spacial score (nSPS) is 17.0. The van der Waals surface area contributed by atoms with Crippen LogP contribution in [-0.4, -0.2) is 19.7 Å². The van der Waals surface area contributed by atoms with E-state index in [-0.39, 0.29) is 0 Å². The van der Waals surface area contributed by atoms with Crippen LogP contribution in [0.4, 0.5) is 0 Å². The third-order valence-corrected chi connectivity index (χ3v) is 8.02. The third-order valence-electron chi connectivity index (χ3n) is 5.93. The zero-order chi connectivity index (χ0) is 20.6. The molecule has 1 aliphatic carbocycles. The van der Waals surface area contributed by atoms with Gasteiger partial charge in [0, 0.05) is 29.3 Å². The van der Waals surface area contributed by atoms with Crippen LogP contribution in [0.25, 0.3) is 22.0 Å². The number of benzene rings is 2. The van der Waals surface area contributed by atoms with Crippen molar-refractivity contribution in [3.63, 3.8) is 0 Å². The molecule has 0 saturated carbocycles. The molecule has 0 fully saturated rings. The Morgan fingerprint density at radius 3 is 2.59 bits per heavy atom. The molecule has 1 unspecified atom stereocenters. The standard InChI is InChI=1S/C25H25NO2S/c1-25(2,29(3,27)28)22-16-21-13-8-14-26-24(21)23(17-22)20-12-7-11-19(15-20)18-9-5-4-6-10-18/h4-9,11-18H,10H2,1-3H3. The van der Waals surface area contributed by atoms with Gasteiger partial charge in [0.1, 0.15) is 0 Å². The van der Waals surface area contributed by atoms with Crippen LogP contribution in [0.5, 0.6) is 0 Å². The first kappa shape index (κ1) is 19.6. The molecule has 4 rings (SSSR count). The van der Waals surface area contributed by atoms with Crippen LogP contribution in [-0.2, 0) is 14.6 Å². The summed E-state index contributed by atoms with van der Waals surface area (Å²) in [6, 6.07) is 16.3. The monoisotopic (exact) mass is 403 g/mol. The molecule has 1 atom stereocenters. The Morgan fingerprint density at radius 1 is 1.03 bits per heavy atom. The highest BCUT2D eigenvalue weighted by molar-refractivity contribution is 7.91. The van der Waals surface area contributed by atoms with Crippen molar-refractivity contribution >= 4 is 20.7 Å². The first-order valence-corrected chi connectivity index (χ1v) is 11.7. The lowest BCUT2D eigenvalue weighted by Crippen LogP contribution is -2.28. The van der Waals surface area contributed by atoms with Gasteiger partial charge in [-0.25, -0.2) is 8.42 Å². The largest absolute Gasteiger partial charge is 0.256 e. The van der Waals surface area contributed by atoms with Gasteiger partial charge in [0.15, 0.2) is 9.84 Å². The summed E-state index contributed by atoms with van der Waals surface area (Å²) in [6.07, 6.45) is 12.6. The van der Waals surface area contributed by atoms with E-state index >= 15 is 0 Å². The van der Waals surface area contributed by atoms with Crippen LogP contribution in [0.15, 0.2) is 79.0 Å². The smallest absolute Gasteiger partial charge is 0.156 e. The van der Waals surface area contributed by atoms with Crippen LogP contribution < -0.4 is 0 Å². The quantitative estimate of drug-likeness (QED) is 0.555. The lowest BCUT2D eigenvalue weighted by molar-refractivity contribution is 0.561. The highest BCUT2D eigenvalue weighted by Crippen LogP contribution is 2.37. The minimum Gasteiger partial charge on any atom is -0.256 e. The summed E-state index contributed by atoms with van der Waals surface area (Å²) >= 11 is 0. The zero-order valence-corrected chi connectivity index (χ0v) is 17.8. The lowest BCUT2D eigenvalue weighted by Gasteiger charge is -2.24. The van der Waals surface area contributed by atoms with Gasteiger partial charge in [-0.1, -0.05) is 54.6 Å². The molecule has 0 amide bonds. The molecule has 3 nitrogen and oxygen atoms in total. The average Bonchev–Trinajstić information content (AvgIpc) is 2.73. The van der Waals surface area contributed by atoms with Gasteiger partial charge < -0.3 is 0 Å². The average molecular weight is 404 g/mol. The van der Waals surface area contributed by atoms with E-state index in [0.717, 1.165) is 34.0 Å². The molecular weight excluding hydrogens is 378 g/mol. The minimum atomic E-state index is -3.29. The second kappa shape index (κ2) is 7.27. The van der Waals surface area contributed by atoms with E-state index in [9.17, 15) is 8.42 Å². The number of rotatable bonds is 4. The van der Waals surface area contributed by atoms with Crippen molar-refractivity contribution in [2.45, 2.75) is 30.9 Å². The van der Waals surface area contributed by atoms with Crippen molar-refractivity contribution in [2.24, 2.45) is 0 Å². The van der Waals surface area contributed by atoms with E-state index in [1.165, 1.54) is 11.8 Å². The highest BCUT2D eigenvalue weighted by atomic mass is 32.2. The first-order chi connectivity index (χ1) is 13.8. The molecule has 2 aromatic carbocycles. The van der Waals surface area contributed by atoms with E-state index in [1.807, 2.05) is 24.3 Å². The lowest BCUT2D eigenvalue weighted by atomic mass is 9.89. The van der Waals surface area contributed by atoms with E-state index in [4.69, 9.17) is 0 Å². The summed E-state index contributed by atoms with van der Waals surface area (Å²) in [5, 5.41) is 0.947. The summed E-state index contributed by atoms with van der Waals surface area (Å²) in [6.45, 7) is 3.53. The van der Waals surface area contributed by atoms with Gasteiger partial charge >= 0.3 is 0 Å². The van der Waals surface area contributed by atoms with Gasteiger partial charge in [-0.15, -0.1) is 0 Å². The van der Waals surface area contributed by atoms with Crippen LogP contribution in [0.3, 0.4) is 0 Å².